The highest BCUT2D eigenvalue weighted by Gasteiger charge is 2.22. The number of nitrogens with zero attached hydrogens (tertiary/aromatic N) is 2. The van der Waals surface area contributed by atoms with Crippen molar-refractivity contribution in [2.75, 3.05) is 12.8 Å². The number of methoxy groups -OCH3 is 1. The highest BCUT2D eigenvalue weighted by Crippen LogP contribution is 2.12. The Bertz CT molecular complexity index is 445. The summed E-state index contributed by atoms with van der Waals surface area (Å²) in [6.45, 7) is 5.14. The minimum atomic E-state index is -0.745. The van der Waals surface area contributed by atoms with Gasteiger partial charge in [-0.05, 0) is 20.8 Å². The summed E-state index contributed by atoms with van der Waals surface area (Å²) in [6.07, 6.45) is -0.745. The molecule has 0 amide bonds. The summed E-state index contributed by atoms with van der Waals surface area (Å²) < 4.78 is 10.3. The van der Waals surface area contributed by atoms with Crippen LogP contribution in [0.2, 0.25) is 0 Å². The number of aromatic nitrogens is 2. The predicted molar refractivity (Wildman–Crippen MR) is 59.6 cm³/mol. The molecule has 0 fully saturated rings. The second-order valence-electron chi connectivity index (χ2n) is 4.34. The van der Waals surface area contributed by atoms with Gasteiger partial charge in [-0.1, -0.05) is 0 Å². The highest BCUT2D eigenvalue weighted by molar-refractivity contribution is 5.89. The first-order valence-corrected chi connectivity index (χ1v) is 4.92. The third-order valence-corrected chi connectivity index (χ3v) is 1.70. The average molecular weight is 241 g/mol. The second kappa shape index (κ2) is 4.44. The molecule has 94 valence electrons. The van der Waals surface area contributed by atoms with Crippen LogP contribution in [0.4, 0.5) is 10.6 Å². The topological polar surface area (TPSA) is 96.4 Å². The predicted octanol–water partition coefficient (Wildman–Crippen LogP) is 1.04. The molecule has 0 spiro atoms. The molecule has 17 heavy (non-hydrogen) atoms. The zero-order valence-electron chi connectivity index (χ0n) is 10.2. The second-order valence-corrected chi connectivity index (χ2v) is 4.34. The quantitative estimate of drug-likeness (QED) is 0.738. The number of rotatable bonds is 1. The van der Waals surface area contributed by atoms with Crippen LogP contribution >= 0.6 is 0 Å². The third-order valence-electron chi connectivity index (χ3n) is 1.70. The molecule has 1 aromatic heterocycles. The molecule has 0 aliphatic rings. The Morgan fingerprint density at radius 2 is 2.00 bits per heavy atom. The fourth-order valence-corrected chi connectivity index (χ4v) is 1.05. The summed E-state index contributed by atoms with van der Waals surface area (Å²) in [7, 11) is 1.21. The van der Waals surface area contributed by atoms with E-state index in [0.717, 1.165) is 4.68 Å². The van der Waals surface area contributed by atoms with E-state index in [9.17, 15) is 9.59 Å². The molecule has 0 bridgehead atoms. The maximum atomic E-state index is 11.7. The molecule has 2 N–H and O–H groups in total. The summed E-state index contributed by atoms with van der Waals surface area (Å²) in [5.41, 5.74) is 4.83. The SMILES string of the molecule is COC(=O)c1cc(N)n(C(=O)OC(C)(C)C)n1. The Hall–Kier alpha value is -2.05. The maximum absolute atomic E-state index is 11.7. The van der Waals surface area contributed by atoms with Gasteiger partial charge in [0, 0.05) is 6.07 Å². The van der Waals surface area contributed by atoms with Crippen LogP contribution in [0.25, 0.3) is 0 Å². The normalized spacial score (nSPS) is 11.1. The molecule has 1 heterocycles. The monoisotopic (exact) mass is 241 g/mol. The van der Waals surface area contributed by atoms with Gasteiger partial charge < -0.3 is 15.2 Å². The Balaban J connectivity index is 2.96. The van der Waals surface area contributed by atoms with Crippen LogP contribution in [-0.4, -0.2) is 34.6 Å². The van der Waals surface area contributed by atoms with E-state index in [2.05, 4.69) is 9.84 Å². The van der Waals surface area contributed by atoms with Crippen LogP contribution in [-0.2, 0) is 9.47 Å². The lowest BCUT2D eigenvalue weighted by atomic mass is 10.2. The number of hydrogen-bond acceptors (Lipinski definition) is 6. The van der Waals surface area contributed by atoms with Gasteiger partial charge in [0.05, 0.1) is 7.11 Å². The lowest BCUT2D eigenvalue weighted by Gasteiger charge is -2.19. The van der Waals surface area contributed by atoms with Crippen molar-refractivity contribution in [3.8, 4) is 0 Å². The Morgan fingerprint density at radius 3 is 2.47 bits per heavy atom. The van der Waals surface area contributed by atoms with Gasteiger partial charge in [-0.25, -0.2) is 9.59 Å². The van der Waals surface area contributed by atoms with Gasteiger partial charge >= 0.3 is 12.1 Å². The van der Waals surface area contributed by atoms with Crippen molar-refractivity contribution in [2.45, 2.75) is 26.4 Å². The van der Waals surface area contributed by atoms with Crippen LogP contribution in [0.15, 0.2) is 6.07 Å². The standard InChI is InChI=1S/C10H15N3O4/c1-10(2,3)17-9(15)13-7(11)5-6(12-13)8(14)16-4/h5H,11H2,1-4H3. The first kappa shape index (κ1) is 13.0. The van der Waals surface area contributed by atoms with E-state index in [1.54, 1.807) is 20.8 Å². The maximum Gasteiger partial charge on any atom is 0.437 e. The summed E-state index contributed by atoms with van der Waals surface area (Å²) >= 11 is 0. The molecule has 0 aliphatic carbocycles. The van der Waals surface area contributed by atoms with E-state index < -0.39 is 17.7 Å². The van der Waals surface area contributed by atoms with E-state index in [1.165, 1.54) is 13.2 Å². The molecule has 0 atom stereocenters. The van der Waals surface area contributed by atoms with E-state index >= 15 is 0 Å². The number of nitrogens with two attached hydrogens (primary N) is 1. The number of carbonyl (C=O) groups excluding carboxylic acids is 2. The summed E-state index contributed by atoms with van der Waals surface area (Å²) in [6, 6.07) is 1.25. The number of nitrogen functional groups attached to an aromatic ring is 1. The zero-order chi connectivity index (χ0) is 13.2. The molecule has 0 unspecified atom stereocenters. The first-order chi connectivity index (χ1) is 7.74. The largest absolute Gasteiger partial charge is 0.464 e. The van der Waals surface area contributed by atoms with Crippen molar-refractivity contribution in [2.24, 2.45) is 0 Å². The van der Waals surface area contributed by atoms with Crippen molar-refractivity contribution in [1.82, 2.24) is 9.78 Å². The molecule has 0 saturated carbocycles. The van der Waals surface area contributed by atoms with Gasteiger partial charge in [-0.3, -0.25) is 0 Å². The Labute approximate surface area is 98.5 Å². The van der Waals surface area contributed by atoms with Gasteiger partial charge in [0.2, 0.25) is 0 Å². The Morgan fingerprint density at radius 1 is 1.41 bits per heavy atom. The third kappa shape index (κ3) is 3.20. The molecule has 7 heteroatoms. The number of ether oxygens (including phenoxy) is 2. The van der Waals surface area contributed by atoms with E-state index in [1.807, 2.05) is 0 Å². The molecule has 0 aromatic carbocycles. The van der Waals surface area contributed by atoms with Crippen LogP contribution in [0, 0.1) is 0 Å². The minimum absolute atomic E-state index is 0.0136. The van der Waals surface area contributed by atoms with Crippen molar-refractivity contribution < 1.29 is 19.1 Å². The number of carbonyl (C=O) groups is 2. The molecular formula is C10H15N3O4. The van der Waals surface area contributed by atoms with Crippen LogP contribution < -0.4 is 5.73 Å². The van der Waals surface area contributed by atoms with Gasteiger partial charge in [-0.15, -0.1) is 4.68 Å². The summed E-state index contributed by atoms with van der Waals surface area (Å²) in [5.74, 6) is -0.654. The molecule has 1 aromatic rings. The molecule has 1 rings (SSSR count). The zero-order valence-corrected chi connectivity index (χ0v) is 10.2. The van der Waals surface area contributed by atoms with Gasteiger partial charge in [0.25, 0.3) is 0 Å². The van der Waals surface area contributed by atoms with Crippen LogP contribution in [0.3, 0.4) is 0 Å². The van der Waals surface area contributed by atoms with Gasteiger partial charge in [0.15, 0.2) is 5.69 Å². The van der Waals surface area contributed by atoms with Crippen LogP contribution in [0.5, 0.6) is 0 Å². The van der Waals surface area contributed by atoms with Crippen molar-refractivity contribution in [1.29, 1.82) is 0 Å². The summed E-state index contributed by atoms with van der Waals surface area (Å²) in [5, 5.41) is 3.71. The lowest BCUT2D eigenvalue weighted by molar-refractivity contribution is 0.0515. The molecule has 0 radical (unpaired) electrons. The highest BCUT2D eigenvalue weighted by atomic mass is 16.6. The molecule has 0 aliphatic heterocycles. The van der Waals surface area contributed by atoms with Crippen LogP contribution in [0.1, 0.15) is 31.3 Å². The lowest BCUT2D eigenvalue weighted by Crippen LogP contribution is -2.28. The van der Waals surface area contributed by atoms with Crippen molar-refractivity contribution in [3.05, 3.63) is 11.8 Å². The Kier molecular flexibility index (Phi) is 3.40. The number of esters is 1. The number of anilines is 1. The minimum Gasteiger partial charge on any atom is -0.464 e. The fraction of sp³-hybridized carbons (Fsp3) is 0.500. The molecular weight excluding hydrogens is 226 g/mol. The fourth-order valence-electron chi connectivity index (χ4n) is 1.05. The average Bonchev–Trinajstić information content (AvgIpc) is 2.56. The molecule has 0 saturated heterocycles. The molecule has 7 nitrogen and oxygen atoms in total. The van der Waals surface area contributed by atoms with E-state index in [0.29, 0.717) is 0 Å². The van der Waals surface area contributed by atoms with E-state index in [-0.39, 0.29) is 11.5 Å². The van der Waals surface area contributed by atoms with E-state index in [4.69, 9.17) is 10.5 Å². The van der Waals surface area contributed by atoms with Gasteiger partial charge in [-0.2, -0.15) is 5.10 Å². The smallest absolute Gasteiger partial charge is 0.437 e. The van der Waals surface area contributed by atoms with Crippen molar-refractivity contribution >= 4 is 17.9 Å². The van der Waals surface area contributed by atoms with Crippen molar-refractivity contribution in [3.63, 3.8) is 0 Å². The summed E-state index contributed by atoms with van der Waals surface area (Å²) in [4.78, 5) is 22.8. The first-order valence-electron chi connectivity index (χ1n) is 4.92. The number of hydrogen-bond donors (Lipinski definition) is 1. The van der Waals surface area contributed by atoms with Gasteiger partial charge in [0.1, 0.15) is 11.4 Å².